The standard InChI is InChI=1S/C18H27N3O4/c1-14-18(15(2)25-19-14)11-21-7-5-20(6-8-21)10-16(22)12-23-13-17-4-3-9-24-17/h3-4,9,16,22H,5-8,10-13H2,1-2H3. The van der Waals surface area contributed by atoms with Crippen molar-refractivity contribution in [2.45, 2.75) is 33.1 Å². The molecule has 7 nitrogen and oxygen atoms in total. The van der Waals surface area contributed by atoms with E-state index < -0.39 is 6.10 Å². The number of hydrogen-bond donors (Lipinski definition) is 1. The summed E-state index contributed by atoms with van der Waals surface area (Å²) in [5.74, 6) is 1.68. The van der Waals surface area contributed by atoms with Gasteiger partial charge >= 0.3 is 0 Å². The van der Waals surface area contributed by atoms with E-state index in [1.807, 2.05) is 26.0 Å². The molecule has 1 N–H and O–H groups in total. The summed E-state index contributed by atoms with van der Waals surface area (Å²) in [7, 11) is 0. The predicted octanol–water partition coefficient (Wildman–Crippen LogP) is 1.58. The number of aromatic nitrogens is 1. The van der Waals surface area contributed by atoms with Gasteiger partial charge in [0.15, 0.2) is 0 Å². The fourth-order valence-corrected chi connectivity index (χ4v) is 3.12. The number of furan rings is 1. The minimum absolute atomic E-state index is 0.319. The molecule has 3 rings (SSSR count). The first-order valence-electron chi connectivity index (χ1n) is 8.76. The SMILES string of the molecule is Cc1noc(C)c1CN1CCN(CC(O)COCc2ccco2)CC1. The number of aryl methyl sites for hydroxylation is 2. The van der Waals surface area contributed by atoms with Gasteiger partial charge in [0.25, 0.3) is 0 Å². The van der Waals surface area contributed by atoms with E-state index in [1.54, 1.807) is 6.26 Å². The molecule has 2 aromatic rings. The van der Waals surface area contributed by atoms with Crippen molar-refractivity contribution in [1.29, 1.82) is 0 Å². The number of rotatable bonds is 8. The average Bonchev–Trinajstić information content (AvgIpc) is 3.22. The van der Waals surface area contributed by atoms with Crippen LogP contribution >= 0.6 is 0 Å². The van der Waals surface area contributed by atoms with Crippen molar-refractivity contribution in [3.05, 3.63) is 41.2 Å². The zero-order chi connectivity index (χ0) is 17.6. The number of ether oxygens (including phenoxy) is 1. The summed E-state index contributed by atoms with van der Waals surface area (Å²) >= 11 is 0. The van der Waals surface area contributed by atoms with Crippen LogP contribution in [0.4, 0.5) is 0 Å². The Balaban J connectivity index is 1.34. The van der Waals surface area contributed by atoms with Gasteiger partial charge in [-0.2, -0.15) is 0 Å². The van der Waals surface area contributed by atoms with Gasteiger partial charge in [0.1, 0.15) is 18.1 Å². The molecular formula is C18H27N3O4. The molecule has 3 heterocycles. The fourth-order valence-electron chi connectivity index (χ4n) is 3.12. The first kappa shape index (κ1) is 18.1. The van der Waals surface area contributed by atoms with Crippen LogP contribution in [0.25, 0.3) is 0 Å². The molecule has 0 amide bonds. The van der Waals surface area contributed by atoms with Crippen LogP contribution in [-0.2, 0) is 17.9 Å². The van der Waals surface area contributed by atoms with Crippen LogP contribution in [0.15, 0.2) is 27.3 Å². The Bertz CT molecular complexity index is 613. The normalized spacial score (nSPS) is 17.9. The van der Waals surface area contributed by atoms with E-state index in [2.05, 4.69) is 15.0 Å². The number of piperazine rings is 1. The average molecular weight is 349 g/mol. The van der Waals surface area contributed by atoms with Gasteiger partial charge in [-0.3, -0.25) is 9.80 Å². The molecule has 1 aliphatic heterocycles. The Morgan fingerprint density at radius 2 is 2.00 bits per heavy atom. The first-order chi connectivity index (χ1) is 12.1. The summed E-state index contributed by atoms with van der Waals surface area (Å²) in [6, 6.07) is 3.70. The molecule has 7 heteroatoms. The van der Waals surface area contributed by atoms with Crippen LogP contribution in [0, 0.1) is 13.8 Å². The van der Waals surface area contributed by atoms with E-state index in [4.69, 9.17) is 13.7 Å². The van der Waals surface area contributed by atoms with Crippen LogP contribution in [-0.4, -0.2) is 65.5 Å². The lowest BCUT2D eigenvalue weighted by Crippen LogP contribution is -2.48. The van der Waals surface area contributed by atoms with E-state index in [-0.39, 0.29) is 0 Å². The molecule has 1 atom stereocenters. The van der Waals surface area contributed by atoms with Crippen molar-refractivity contribution in [3.8, 4) is 0 Å². The zero-order valence-corrected chi connectivity index (χ0v) is 15.0. The van der Waals surface area contributed by atoms with Gasteiger partial charge in [-0.15, -0.1) is 0 Å². The number of nitrogens with zero attached hydrogens (tertiary/aromatic N) is 3. The van der Waals surface area contributed by atoms with Crippen LogP contribution in [0.2, 0.25) is 0 Å². The molecule has 1 fully saturated rings. The number of β-amino-alcohol motifs (C(OH)–C–C–N with tert-alkyl or cyclic N) is 1. The minimum Gasteiger partial charge on any atom is -0.467 e. The second-order valence-electron chi connectivity index (χ2n) is 6.63. The van der Waals surface area contributed by atoms with Gasteiger partial charge in [0.05, 0.1) is 24.7 Å². The Kier molecular flexibility index (Phi) is 6.25. The summed E-state index contributed by atoms with van der Waals surface area (Å²) in [5, 5.41) is 14.2. The highest BCUT2D eigenvalue weighted by Gasteiger charge is 2.21. The molecule has 0 aliphatic carbocycles. The molecule has 2 aromatic heterocycles. The predicted molar refractivity (Wildman–Crippen MR) is 92.1 cm³/mol. The maximum Gasteiger partial charge on any atom is 0.138 e. The molecule has 0 saturated carbocycles. The lowest BCUT2D eigenvalue weighted by molar-refractivity contribution is -0.00310. The first-order valence-corrected chi connectivity index (χ1v) is 8.76. The third-order valence-corrected chi connectivity index (χ3v) is 4.63. The molecule has 1 saturated heterocycles. The fraction of sp³-hybridized carbons (Fsp3) is 0.611. The molecule has 0 aromatic carbocycles. The lowest BCUT2D eigenvalue weighted by Gasteiger charge is -2.35. The monoisotopic (exact) mass is 349 g/mol. The maximum atomic E-state index is 10.1. The van der Waals surface area contributed by atoms with E-state index in [0.717, 1.165) is 49.9 Å². The molecule has 1 unspecified atom stereocenters. The second kappa shape index (κ2) is 8.62. The van der Waals surface area contributed by atoms with Crippen molar-refractivity contribution in [3.63, 3.8) is 0 Å². The van der Waals surface area contributed by atoms with Crippen molar-refractivity contribution in [2.24, 2.45) is 0 Å². The summed E-state index contributed by atoms with van der Waals surface area (Å²) < 4.78 is 15.9. The third-order valence-electron chi connectivity index (χ3n) is 4.63. The Labute approximate surface area is 148 Å². The number of hydrogen-bond acceptors (Lipinski definition) is 7. The molecule has 25 heavy (non-hydrogen) atoms. The molecular weight excluding hydrogens is 322 g/mol. The minimum atomic E-state index is -0.482. The molecule has 1 aliphatic rings. The van der Waals surface area contributed by atoms with Gasteiger partial charge in [-0.05, 0) is 26.0 Å². The van der Waals surface area contributed by atoms with E-state index >= 15 is 0 Å². The van der Waals surface area contributed by atoms with Crippen LogP contribution in [0.1, 0.15) is 22.8 Å². The highest BCUT2D eigenvalue weighted by Crippen LogP contribution is 2.16. The van der Waals surface area contributed by atoms with Gasteiger partial charge in [0.2, 0.25) is 0 Å². The quantitative estimate of drug-likeness (QED) is 0.775. The second-order valence-corrected chi connectivity index (χ2v) is 6.63. The van der Waals surface area contributed by atoms with Crippen molar-refractivity contribution >= 4 is 0 Å². The van der Waals surface area contributed by atoms with Crippen molar-refractivity contribution < 1.29 is 18.8 Å². The van der Waals surface area contributed by atoms with Gasteiger partial charge < -0.3 is 18.8 Å². The zero-order valence-electron chi connectivity index (χ0n) is 15.0. The highest BCUT2D eigenvalue weighted by molar-refractivity contribution is 5.20. The van der Waals surface area contributed by atoms with Crippen LogP contribution in [0.3, 0.4) is 0 Å². The lowest BCUT2D eigenvalue weighted by atomic mass is 10.1. The summed E-state index contributed by atoms with van der Waals surface area (Å²) in [6.45, 7) is 10.0. The maximum absolute atomic E-state index is 10.1. The van der Waals surface area contributed by atoms with Crippen LogP contribution < -0.4 is 0 Å². The Hall–Kier alpha value is -1.67. The van der Waals surface area contributed by atoms with Crippen molar-refractivity contribution in [2.75, 3.05) is 39.3 Å². The Morgan fingerprint density at radius 3 is 2.64 bits per heavy atom. The largest absolute Gasteiger partial charge is 0.467 e. The molecule has 0 spiro atoms. The number of aliphatic hydroxyl groups excluding tert-OH is 1. The van der Waals surface area contributed by atoms with E-state index in [1.165, 1.54) is 5.56 Å². The van der Waals surface area contributed by atoms with Gasteiger partial charge in [-0.1, -0.05) is 5.16 Å². The van der Waals surface area contributed by atoms with Gasteiger partial charge in [0, 0.05) is 44.8 Å². The molecule has 138 valence electrons. The highest BCUT2D eigenvalue weighted by atomic mass is 16.5. The summed E-state index contributed by atoms with van der Waals surface area (Å²) in [5.41, 5.74) is 2.17. The summed E-state index contributed by atoms with van der Waals surface area (Å²) in [6.07, 6.45) is 1.14. The van der Waals surface area contributed by atoms with Crippen LogP contribution in [0.5, 0.6) is 0 Å². The molecule has 0 radical (unpaired) electrons. The van der Waals surface area contributed by atoms with Gasteiger partial charge in [-0.25, -0.2) is 0 Å². The Morgan fingerprint density at radius 1 is 1.24 bits per heavy atom. The number of aliphatic hydroxyl groups is 1. The topological polar surface area (TPSA) is 75.1 Å². The molecule has 0 bridgehead atoms. The van der Waals surface area contributed by atoms with E-state index in [0.29, 0.717) is 19.8 Å². The summed E-state index contributed by atoms with van der Waals surface area (Å²) in [4.78, 5) is 4.69. The third kappa shape index (κ3) is 5.15. The smallest absolute Gasteiger partial charge is 0.138 e. The van der Waals surface area contributed by atoms with Crippen molar-refractivity contribution in [1.82, 2.24) is 15.0 Å². The van der Waals surface area contributed by atoms with E-state index in [9.17, 15) is 5.11 Å².